The zero-order valence-electron chi connectivity index (χ0n) is 11.6. The van der Waals surface area contributed by atoms with E-state index in [1.165, 1.54) is 21.8 Å². The van der Waals surface area contributed by atoms with Gasteiger partial charge in [0.05, 0.1) is 12.1 Å². The number of hydrogen-bond acceptors (Lipinski definition) is 5. The molecule has 0 bridgehead atoms. The lowest BCUT2D eigenvalue weighted by Crippen LogP contribution is -2.51. The number of fused-ring (bicyclic) bond motifs is 1. The summed E-state index contributed by atoms with van der Waals surface area (Å²) in [7, 11) is 0. The van der Waals surface area contributed by atoms with Crippen molar-refractivity contribution in [1.82, 2.24) is 19.6 Å². The molecule has 1 unspecified atom stereocenters. The SMILES string of the molecule is O=c1cc(CN2CCNC(CC(F)(F)F)C2)nc2sccn12. The molecule has 0 radical (unpaired) electrons. The van der Waals surface area contributed by atoms with E-state index in [-0.39, 0.29) is 5.56 Å². The van der Waals surface area contributed by atoms with Gasteiger partial charge in [0.25, 0.3) is 5.56 Å². The highest BCUT2D eigenvalue weighted by atomic mass is 32.1. The summed E-state index contributed by atoms with van der Waals surface area (Å²) in [5.74, 6) is 0. The van der Waals surface area contributed by atoms with E-state index in [0.29, 0.717) is 36.8 Å². The zero-order valence-corrected chi connectivity index (χ0v) is 12.5. The van der Waals surface area contributed by atoms with E-state index in [2.05, 4.69) is 10.3 Å². The number of nitrogens with zero attached hydrogens (tertiary/aromatic N) is 3. The van der Waals surface area contributed by atoms with Crippen molar-refractivity contribution in [2.75, 3.05) is 19.6 Å². The van der Waals surface area contributed by atoms with E-state index in [9.17, 15) is 18.0 Å². The van der Waals surface area contributed by atoms with Crippen LogP contribution in [-0.4, -0.2) is 46.1 Å². The third-order valence-electron chi connectivity index (χ3n) is 3.56. The van der Waals surface area contributed by atoms with Gasteiger partial charge in [-0.15, -0.1) is 11.3 Å². The van der Waals surface area contributed by atoms with E-state index >= 15 is 0 Å². The summed E-state index contributed by atoms with van der Waals surface area (Å²) in [6.45, 7) is 1.82. The minimum atomic E-state index is -4.17. The Labute approximate surface area is 128 Å². The van der Waals surface area contributed by atoms with Crippen molar-refractivity contribution in [2.45, 2.75) is 25.2 Å². The van der Waals surface area contributed by atoms with Crippen molar-refractivity contribution in [3.63, 3.8) is 0 Å². The number of piperazine rings is 1. The van der Waals surface area contributed by atoms with Crippen LogP contribution in [0.25, 0.3) is 4.96 Å². The highest BCUT2D eigenvalue weighted by Crippen LogP contribution is 2.23. The predicted octanol–water partition coefficient (Wildman–Crippen LogP) is 1.48. The van der Waals surface area contributed by atoms with Gasteiger partial charge in [0.2, 0.25) is 0 Å². The van der Waals surface area contributed by atoms with Gasteiger partial charge in [0.15, 0.2) is 4.96 Å². The van der Waals surface area contributed by atoms with Crippen molar-refractivity contribution in [2.24, 2.45) is 0 Å². The average molecular weight is 332 g/mol. The minimum Gasteiger partial charge on any atom is -0.311 e. The zero-order chi connectivity index (χ0) is 15.7. The van der Waals surface area contributed by atoms with E-state index in [1.807, 2.05) is 4.90 Å². The molecule has 0 saturated carbocycles. The normalized spacial score (nSPS) is 20.6. The molecule has 0 aliphatic carbocycles. The maximum absolute atomic E-state index is 12.5. The fourth-order valence-corrected chi connectivity index (χ4v) is 3.39. The van der Waals surface area contributed by atoms with Crippen LogP contribution in [0.3, 0.4) is 0 Å². The van der Waals surface area contributed by atoms with Crippen LogP contribution in [0.1, 0.15) is 12.1 Å². The van der Waals surface area contributed by atoms with E-state index in [0.717, 1.165) is 0 Å². The number of nitrogens with one attached hydrogen (secondary N) is 1. The number of halogens is 3. The molecule has 1 saturated heterocycles. The molecule has 120 valence electrons. The molecule has 3 rings (SSSR count). The smallest absolute Gasteiger partial charge is 0.311 e. The molecular formula is C13H15F3N4OS. The average Bonchev–Trinajstić information content (AvgIpc) is 2.85. The highest BCUT2D eigenvalue weighted by molar-refractivity contribution is 7.15. The third-order valence-corrected chi connectivity index (χ3v) is 4.32. The van der Waals surface area contributed by atoms with Crippen LogP contribution in [0.5, 0.6) is 0 Å². The van der Waals surface area contributed by atoms with Crippen LogP contribution in [0, 0.1) is 0 Å². The Morgan fingerprint density at radius 1 is 1.45 bits per heavy atom. The summed E-state index contributed by atoms with van der Waals surface area (Å²) in [6.07, 6.45) is -3.36. The standard InChI is InChI=1S/C13H15F3N4OS/c14-13(15,16)6-10-8-19(2-1-17-10)7-9-5-11(21)20-3-4-22-12(20)18-9/h3-5,10,17H,1-2,6-8H2. The van der Waals surface area contributed by atoms with Gasteiger partial charge in [0, 0.05) is 49.9 Å². The van der Waals surface area contributed by atoms with Gasteiger partial charge in [-0.2, -0.15) is 13.2 Å². The Bertz CT molecular complexity index is 711. The molecule has 22 heavy (non-hydrogen) atoms. The first-order valence-electron chi connectivity index (χ1n) is 6.89. The number of hydrogen-bond donors (Lipinski definition) is 1. The molecule has 1 atom stereocenters. The molecule has 5 nitrogen and oxygen atoms in total. The minimum absolute atomic E-state index is 0.164. The fraction of sp³-hybridized carbons (Fsp3) is 0.538. The molecule has 2 aromatic rings. The molecule has 0 spiro atoms. The van der Waals surface area contributed by atoms with Crippen molar-refractivity contribution in [1.29, 1.82) is 0 Å². The van der Waals surface area contributed by atoms with Crippen LogP contribution in [-0.2, 0) is 6.54 Å². The molecule has 2 aromatic heterocycles. The quantitative estimate of drug-likeness (QED) is 0.925. The van der Waals surface area contributed by atoms with Gasteiger partial charge in [-0.25, -0.2) is 4.98 Å². The topological polar surface area (TPSA) is 49.6 Å². The number of aromatic nitrogens is 2. The van der Waals surface area contributed by atoms with Crippen LogP contribution in [0.2, 0.25) is 0 Å². The molecule has 1 N–H and O–H groups in total. The van der Waals surface area contributed by atoms with Crippen LogP contribution < -0.4 is 10.9 Å². The summed E-state index contributed by atoms with van der Waals surface area (Å²) < 4.78 is 38.9. The summed E-state index contributed by atoms with van der Waals surface area (Å²) in [6, 6.07) is 0.834. The Morgan fingerprint density at radius 2 is 2.27 bits per heavy atom. The van der Waals surface area contributed by atoms with Crippen molar-refractivity contribution in [3.05, 3.63) is 33.7 Å². The van der Waals surface area contributed by atoms with Gasteiger partial charge < -0.3 is 5.32 Å². The third kappa shape index (κ3) is 3.65. The molecule has 1 fully saturated rings. The van der Waals surface area contributed by atoms with Crippen molar-refractivity contribution >= 4 is 16.3 Å². The second-order valence-electron chi connectivity index (χ2n) is 5.35. The van der Waals surface area contributed by atoms with E-state index < -0.39 is 18.6 Å². The van der Waals surface area contributed by atoms with Gasteiger partial charge in [-0.05, 0) is 0 Å². The van der Waals surface area contributed by atoms with Crippen LogP contribution in [0.15, 0.2) is 22.4 Å². The molecule has 1 aliphatic rings. The van der Waals surface area contributed by atoms with Gasteiger partial charge in [-0.3, -0.25) is 14.1 Å². The second kappa shape index (κ2) is 5.98. The summed E-state index contributed by atoms with van der Waals surface area (Å²) in [5.41, 5.74) is 0.434. The molecule has 0 amide bonds. The first-order valence-corrected chi connectivity index (χ1v) is 7.77. The lowest BCUT2D eigenvalue weighted by atomic mass is 10.1. The molecule has 1 aliphatic heterocycles. The summed E-state index contributed by atoms with van der Waals surface area (Å²) in [5, 5.41) is 4.66. The van der Waals surface area contributed by atoms with Crippen molar-refractivity contribution in [3.8, 4) is 0 Å². The molecule has 0 aromatic carbocycles. The second-order valence-corrected chi connectivity index (χ2v) is 6.22. The van der Waals surface area contributed by atoms with Crippen molar-refractivity contribution < 1.29 is 13.2 Å². The molecular weight excluding hydrogens is 317 g/mol. The first-order chi connectivity index (χ1) is 10.4. The van der Waals surface area contributed by atoms with Gasteiger partial charge >= 0.3 is 6.18 Å². The molecule has 3 heterocycles. The number of rotatable bonds is 3. The first kappa shape index (κ1) is 15.4. The highest BCUT2D eigenvalue weighted by Gasteiger charge is 2.33. The summed E-state index contributed by atoms with van der Waals surface area (Å²) in [4.78, 5) is 18.8. The van der Waals surface area contributed by atoms with Gasteiger partial charge in [-0.1, -0.05) is 0 Å². The lowest BCUT2D eigenvalue weighted by Gasteiger charge is -2.33. The van der Waals surface area contributed by atoms with Crippen LogP contribution in [0.4, 0.5) is 13.2 Å². The Hall–Kier alpha value is -1.45. The summed E-state index contributed by atoms with van der Waals surface area (Å²) >= 11 is 1.36. The fourth-order valence-electron chi connectivity index (χ4n) is 2.65. The van der Waals surface area contributed by atoms with Crippen LogP contribution >= 0.6 is 11.3 Å². The largest absolute Gasteiger partial charge is 0.390 e. The van der Waals surface area contributed by atoms with E-state index in [4.69, 9.17) is 0 Å². The number of thiazole rings is 1. The maximum atomic E-state index is 12.5. The Morgan fingerprint density at radius 3 is 3.05 bits per heavy atom. The number of alkyl halides is 3. The Balaban J connectivity index is 1.70. The monoisotopic (exact) mass is 332 g/mol. The molecule has 9 heteroatoms. The maximum Gasteiger partial charge on any atom is 0.390 e. The van der Waals surface area contributed by atoms with Gasteiger partial charge in [0.1, 0.15) is 0 Å². The Kier molecular flexibility index (Phi) is 4.20. The lowest BCUT2D eigenvalue weighted by molar-refractivity contribution is -0.142. The predicted molar refractivity (Wildman–Crippen MR) is 77.1 cm³/mol. The van der Waals surface area contributed by atoms with E-state index in [1.54, 1.807) is 11.6 Å².